The van der Waals surface area contributed by atoms with Crippen LogP contribution in [-0.2, 0) is 0 Å². The molecule has 0 saturated carbocycles. The van der Waals surface area contributed by atoms with E-state index in [1.807, 2.05) is 19.9 Å². The summed E-state index contributed by atoms with van der Waals surface area (Å²) >= 11 is 0. The highest BCUT2D eigenvalue weighted by atomic mass is 15.0. The Kier molecular flexibility index (Phi) is 17.3. The standard InChI is InChI=1S/C8H17N3.C3H6N2/c1-4-9-8-10-6-5-7-11(2)3;1-2-5-3-4/h4-7H2,1-3H3;4H,2H2,1H3. The first-order valence-corrected chi connectivity index (χ1v) is 5.49. The summed E-state index contributed by atoms with van der Waals surface area (Å²) in [5.41, 5.74) is 0. The van der Waals surface area contributed by atoms with Gasteiger partial charge in [0.25, 0.3) is 0 Å². The van der Waals surface area contributed by atoms with Crippen LogP contribution in [0.3, 0.4) is 0 Å². The fraction of sp³-hybridized carbons (Fsp3) is 0.818. The molecule has 0 rings (SSSR count). The minimum absolute atomic E-state index is 0.670. The van der Waals surface area contributed by atoms with Crippen molar-refractivity contribution < 1.29 is 0 Å². The Morgan fingerprint density at radius 2 is 1.69 bits per heavy atom. The van der Waals surface area contributed by atoms with E-state index in [0.29, 0.717) is 6.54 Å². The van der Waals surface area contributed by atoms with E-state index in [0.717, 1.165) is 26.1 Å². The Balaban J connectivity index is 0. The average Bonchev–Trinajstić information content (AvgIpc) is 2.25. The second-order valence-corrected chi connectivity index (χ2v) is 3.20. The molecule has 0 atom stereocenters. The average molecular weight is 225 g/mol. The first-order chi connectivity index (χ1) is 7.68. The van der Waals surface area contributed by atoms with Crippen LogP contribution in [0.25, 0.3) is 0 Å². The zero-order chi connectivity index (χ0) is 12.6. The fourth-order valence-corrected chi connectivity index (χ4v) is 0.716. The quantitative estimate of drug-likeness (QED) is 0.544. The van der Waals surface area contributed by atoms with Crippen LogP contribution in [0.4, 0.5) is 0 Å². The molecule has 92 valence electrons. The van der Waals surface area contributed by atoms with Gasteiger partial charge in [0, 0.05) is 13.1 Å². The Morgan fingerprint density at radius 3 is 2.06 bits per heavy atom. The Bertz CT molecular complexity index is 235. The molecule has 0 saturated heterocycles. The summed E-state index contributed by atoms with van der Waals surface area (Å²) in [5.74, 6) is 0. The molecule has 0 heterocycles. The molecule has 0 aliphatic rings. The van der Waals surface area contributed by atoms with Crippen molar-refractivity contribution in [1.29, 1.82) is 5.41 Å². The Labute approximate surface area is 98.5 Å². The molecular formula is C11H23N5. The molecule has 16 heavy (non-hydrogen) atoms. The normalized spacial score (nSPS) is 8.31. The molecule has 0 spiro atoms. The van der Waals surface area contributed by atoms with Gasteiger partial charge in [-0.15, -0.1) is 0 Å². The number of hydrogen-bond acceptors (Lipinski definition) is 5. The third-order valence-corrected chi connectivity index (χ3v) is 1.41. The molecule has 0 aliphatic heterocycles. The highest BCUT2D eigenvalue weighted by molar-refractivity contribution is 5.40. The zero-order valence-electron chi connectivity index (χ0n) is 10.8. The summed E-state index contributed by atoms with van der Waals surface area (Å²) < 4.78 is 0. The van der Waals surface area contributed by atoms with Gasteiger partial charge in [-0.3, -0.25) is 0 Å². The second kappa shape index (κ2) is 16.2. The summed E-state index contributed by atoms with van der Waals surface area (Å²) in [5, 5.41) is 6.19. The highest BCUT2D eigenvalue weighted by Crippen LogP contribution is 1.82. The molecule has 5 heteroatoms. The van der Waals surface area contributed by atoms with Crippen molar-refractivity contribution in [3.63, 3.8) is 0 Å². The predicted octanol–water partition coefficient (Wildman–Crippen LogP) is 1.89. The first-order valence-electron chi connectivity index (χ1n) is 5.49. The van der Waals surface area contributed by atoms with Gasteiger partial charge >= 0.3 is 0 Å². The van der Waals surface area contributed by atoms with Crippen LogP contribution in [-0.4, -0.2) is 57.2 Å². The van der Waals surface area contributed by atoms with Crippen LogP contribution in [0, 0.1) is 5.41 Å². The smallest absolute Gasteiger partial charge is 0.0892 e. The lowest BCUT2D eigenvalue weighted by Crippen LogP contribution is -2.13. The topological polar surface area (TPSA) is 64.2 Å². The van der Waals surface area contributed by atoms with Gasteiger partial charge in [0.1, 0.15) is 0 Å². The lowest BCUT2D eigenvalue weighted by Gasteiger charge is -2.05. The molecule has 1 N–H and O–H groups in total. The van der Waals surface area contributed by atoms with Crippen LogP contribution < -0.4 is 0 Å². The molecule has 0 aliphatic carbocycles. The van der Waals surface area contributed by atoms with Crippen LogP contribution in [0.5, 0.6) is 0 Å². The van der Waals surface area contributed by atoms with Crippen molar-refractivity contribution in [2.45, 2.75) is 20.3 Å². The largest absolute Gasteiger partial charge is 0.309 e. The maximum Gasteiger partial charge on any atom is 0.0892 e. The molecule has 0 aromatic rings. The van der Waals surface area contributed by atoms with Gasteiger partial charge in [-0.25, -0.2) is 20.4 Å². The number of rotatable bonds is 6. The van der Waals surface area contributed by atoms with E-state index < -0.39 is 0 Å². The molecule has 0 aromatic carbocycles. The van der Waals surface area contributed by atoms with Gasteiger partial charge in [-0.1, -0.05) is 0 Å². The van der Waals surface area contributed by atoms with Crippen molar-refractivity contribution in [1.82, 2.24) is 4.90 Å². The van der Waals surface area contributed by atoms with Crippen molar-refractivity contribution >= 4 is 12.0 Å². The van der Waals surface area contributed by atoms with E-state index in [4.69, 9.17) is 5.41 Å². The van der Waals surface area contributed by atoms with Gasteiger partial charge < -0.3 is 4.90 Å². The molecule has 0 bridgehead atoms. The first kappa shape index (κ1) is 17.1. The molecule has 0 radical (unpaired) electrons. The molecule has 0 aromatic heterocycles. The maximum atomic E-state index is 6.19. The van der Waals surface area contributed by atoms with Gasteiger partial charge in [-0.05, 0) is 40.9 Å². The summed E-state index contributed by atoms with van der Waals surface area (Å²) in [4.78, 5) is 13.4. The maximum absolute atomic E-state index is 6.19. The van der Waals surface area contributed by atoms with E-state index >= 15 is 0 Å². The summed E-state index contributed by atoms with van der Waals surface area (Å²) in [6, 6.07) is 4.53. The van der Waals surface area contributed by atoms with E-state index in [-0.39, 0.29) is 0 Å². The van der Waals surface area contributed by atoms with Crippen molar-refractivity contribution in [2.75, 3.05) is 40.3 Å². The van der Waals surface area contributed by atoms with E-state index in [9.17, 15) is 0 Å². The number of nitrogens with zero attached hydrogens (tertiary/aromatic N) is 4. The van der Waals surface area contributed by atoms with E-state index in [1.54, 1.807) is 0 Å². The summed E-state index contributed by atoms with van der Waals surface area (Å²) in [6.45, 7) is 7.20. The van der Waals surface area contributed by atoms with Gasteiger partial charge in [0.2, 0.25) is 0 Å². The monoisotopic (exact) mass is 225 g/mol. The number of aliphatic imine (C=N–C) groups is 3. The van der Waals surface area contributed by atoms with Crippen molar-refractivity contribution in [3.05, 3.63) is 0 Å². The van der Waals surface area contributed by atoms with Gasteiger partial charge in [-0.2, -0.15) is 0 Å². The van der Waals surface area contributed by atoms with Crippen LogP contribution in [0.1, 0.15) is 20.3 Å². The Morgan fingerprint density at radius 1 is 1.06 bits per heavy atom. The molecular weight excluding hydrogens is 202 g/mol. The van der Waals surface area contributed by atoms with E-state index in [2.05, 4.69) is 40.0 Å². The third-order valence-electron chi connectivity index (χ3n) is 1.41. The summed E-state index contributed by atoms with van der Waals surface area (Å²) in [6.07, 6.45) is 1.08. The van der Waals surface area contributed by atoms with Crippen LogP contribution >= 0.6 is 0 Å². The zero-order valence-corrected chi connectivity index (χ0v) is 10.8. The van der Waals surface area contributed by atoms with Crippen LogP contribution in [0.2, 0.25) is 0 Å². The predicted molar refractivity (Wildman–Crippen MR) is 69.1 cm³/mol. The van der Waals surface area contributed by atoms with Crippen molar-refractivity contribution in [3.8, 4) is 0 Å². The Hall–Kier alpha value is -1.28. The van der Waals surface area contributed by atoms with Gasteiger partial charge in [0.15, 0.2) is 0 Å². The minimum atomic E-state index is 0.670. The van der Waals surface area contributed by atoms with Gasteiger partial charge in [0.05, 0.1) is 18.6 Å². The molecule has 0 unspecified atom stereocenters. The second-order valence-electron chi connectivity index (χ2n) is 3.20. The van der Waals surface area contributed by atoms with Crippen molar-refractivity contribution in [2.24, 2.45) is 15.0 Å². The number of nitrogens with one attached hydrogen (secondary N) is 1. The molecule has 0 fully saturated rings. The van der Waals surface area contributed by atoms with Crippen LogP contribution in [0.15, 0.2) is 15.0 Å². The third kappa shape index (κ3) is 23.0. The lowest BCUT2D eigenvalue weighted by molar-refractivity contribution is 0.403. The number of hydrogen-bond donors (Lipinski definition) is 1. The van der Waals surface area contributed by atoms with E-state index in [1.165, 1.54) is 0 Å². The lowest BCUT2D eigenvalue weighted by atomic mass is 10.4. The highest BCUT2D eigenvalue weighted by Gasteiger charge is 1.86. The summed E-state index contributed by atoms with van der Waals surface area (Å²) in [7, 11) is 4.12. The molecule has 0 amide bonds. The SMILES string of the molecule is CCN=C=N.CCN=C=NCCCN(C)C. The minimum Gasteiger partial charge on any atom is -0.309 e. The fourth-order valence-electron chi connectivity index (χ4n) is 0.716. The molecule has 5 nitrogen and oxygen atoms in total.